The molecular weight excluding hydrogens is 308 g/mol. The Morgan fingerprint density at radius 3 is 2.48 bits per heavy atom. The third-order valence-electron chi connectivity index (χ3n) is 3.31. The fourth-order valence-electron chi connectivity index (χ4n) is 2.33. The number of aryl methyl sites for hydroxylation is 3. The molecule has 0 unspecified atom stereocenters. The highest BCUT2D eigenvalue weighted by molar-refractivity contribution is 7.10. The van der Waals surface area contributed by atoms with E-state index in [2.05, 4.69) is 10.6 Å². The average molecular weight is 328 g/mol. The summed E-state index contributed by atoms with van der Waals surface area (Å²) in [5.74, 6) is -0.524. The van der Waals surface area contributed by atoms with Crippen molar-refractivity contribution in [3.63, 3.8) is 0 Å². The highest BCUT2D eigenvalue weighted by atomic mass is 32.1. The van der Waals surface area contributed by atoms with Crippen LogP contribution in [0.5, 0.6) is 0 Å². The molecule has 1 aromatic carbocycles. The summed E-state index contributed by atoms with van der Waals surface area (Å²) in [5.41, 5.74) is 3.99. The van der Waals surface area contributed by atoms with Gasteiger partial charge in [0, 0.05) is 16.6 Å². The van der Waals surface area contributed by atoms with Crippen molar-refractivity contribution in [2.75, 3.05) is 11.9 Å². The van der Waals surface area contributed by atoms with E-state index in [9.17, 15) is 9.59 Å². The Hall–Kier alpha value is -2.40. The number of carbonyl (C=O) groups excluding carboxylic acids is 2. The molecule has 4 nitrogen and oxygen atoms in total. The summed E-state index contributed by atoms with van der Waals surface area (Å²) in [6.07, 6.45) is 3.16. The van der Waals surface area contributed by atoms with E-state index in [4.69, 9.17) is 0 Å². The average Bonchev–Trinajstić information content (AvgIpc) is 3.00. The number of nitrogens with one attached hydrogen (secondary N) is 2. The lowest BCUT2D eigenvalue weighted by Crippen LogP contribution is -2.32. The maximum atomic E-state index is 12.0. The monoisotopic (exact) mass is 328 g/mol. The molecule has 0 saturated carbocycles. The Labute approximate surface area is 140 Å². The Morgan fingerprint density at radius 2 is 1.87 bits per heavy atom. The maximum Gasteiger partial charge on any atom is 0.244 e. The third-order valence-corrected chi connectivity index (χ3v) is 4.14. The molecule has 0 spiro atoms. The van der Waals surface area contributed by atoms with E-state index in [1.807, 2.05) is 50.4 Å². The van der Waals surface area contributed by atoms with Gasteiger partial charge in [0.2, 0.25) is 11.8 Å². The fraction of sp³-hybridized carbons (Fsp3) is 0.222. The zero-order chi connectivity index (χ0) is 16.8. The van der Waals surface area contributed by atoms with E-state index >= 15 is 0 Å². The van der Waals surface area contributed by atoms with Crippen molar-refractivity contribution in [2.24, 2.45) is 0 Å². The number of carbonyl (C=O) groups is 2. The molecule has 0 aliphatic carbocycles. The second-order valence-corrected chi connectivity index (χ2v) is 6.37. The lowest BCUT2D eigenvalue weighted by molar-refractivity contribution is -0.121. The standard InChI is InChI=1S/C18H20N2O2S/c1-12-9-13(2)18(14(3)10-12)20-17(22)11-19-16(21)7-6-15-5-4-8-23-15/h4-10H,11H2,1-3H3,(H,19,21)(H,20,22)/b7-6+. The van der Waals surface area contributed by atoms with Crippen molar-refractivity contribution in [3.05, 3.63) is 57.3 Å². The van der Waals surface area contributed by atoms with Crippen LogP contribution in [0.2, 0.25) is 0 Å². The van der Waals surface area contributed by atoms with Crippen LogP contribution in [-0.4, -0.2) is 18.4 Å². The van der Waals surface area contributed by atoms with Gasteiger partial charge in [-0.3, -0.25) is 9.59 Å². The smallest absolute Gasteiger partial charge is 0.244 e. The summed E-state index contributed by atoms with van der Waals surface area (Å²) in [6.45, 7) is 5.88. The molecular formula is C18H20N2O2S. The maximum absolute atomic E-state index is 12.0. The molecule has 2 aromatic rings. The molecule has 1 aromatic heterocycles. The van der Waals surface area contributed by atoms with E-state index in [1.165, 1.54) is 6.08 Å². The Bertz CT molecular complexity index is 710. The molecule has 23 heavy (non-hydrogen) atoms. The van der Waals surface area contributed by atoms with Gasteiger partial charge in [-0.1, -0.05) is 23.8 Å². The molecule has 5 heteroatoms. The zero-order valence-electron chi connectivity index (χ0n) is 13.5. The molecule has 0 radical (unpaired) electrons. The fourth-order valence-corrected chi connectivity index (χ4v) is 2.95. The van der Waals surface area contributed by atoms with E-state index in [1.54, 1.807) is 17.4 Å². The van der Waals surface area contributed by atoms with Crippen molar-refractivity contribution in [3.8, 4) is 0 Å². The van der Waals surface area contributed by atoms with Crippen LogP contribution in [0.4, 0.5) is 5.69 Å². The molecule has 120 valence electrons. The number of rotatable bonds is 5. The highest BCUT2D eigenvalue weighted by Crippen LogP contribution is 2.21. The van der Waals surface area contributed by atoms with Crippen molar-refractivity contribution < 1.29 is 9.59 Å². The third kappa shape index (κ3) is 5.07. The van der Waals surface area contributed by atoms with E-state index in [0.717, 1.165) is 27.3 Å². The minimum Gasteiger partial charge on any atom is -0.343 e. The topological polar surface area (TPSA) is 58.2 Å². The molecule has 0 fully saturated rings. The summed E-state index contributed by atoms with van der Waals surface area (Å²) >= 11 is 1.55. The summed E-state index contributed by atoms with van der Waals surface area (Å²) < 4.78 is 0. The molecule has 0 atom stereocenters. The summed E-state index contributed by atoms with van der Waals surface area (Å²) in [4.78, 5) is 24.7. The second-order valence-electron chi connectivity index (χ2n) is 5.39. The van der Waals surface area contributed by atoms with Gasteiger partial charge >= 0.3 is 0 Å². The largest absolute Gasteiger partial charge is 0.343 e. The van der Waals surface area contributed by atoms with Crippen molar-refractivity contribution in [1.29, 1.82) is 0 Å². The van der Waals surface area contributed by atoms with Crippen LogP contribution in [0.15, 0.2) is 35.7 Å². The molecule has 2 rings (SSSR count). The van der Waals surface area contributed by atoms with Crippen molar-refractivity contribution >= 4 is 34.9 Å². The summed E-state index contributed by atoms with van der Waals surface area (Å²) in [7, 11) is 0. The van der Waals surface area contributed by atoms with E-state index in [-0.39, 0.29) is 18.4 Å². The first-order valence-corrected chi connectivity index (χ1v) is 8.21. The van der Waals surface area contributed by atoms with Gasteiger partial charge in [-0.2, -0.15) is 0 Å². The van der Waals surface area contributed by atoms with Crippen LogP contribution in [0.3, 0.4) is 0 Å². The number of hydrogen-bond donors (Lipinski definition) is 2. The Balaban J connectivity index is 1.87. The first kappa shape index (κ1) is 17.0. The van der Waals surface area contributed by atoms with Gasteiger partial charge in [0.25, 0.3) is 0 Å². The first-order chi connectivity index (χ1) is 11.0. The number of hydrogen-bond acceptors (Lipinski definition) is 3. The SMILES string of the molecule is Cc1cc(C)c(NC(=O)CNC(=O)/C=C/c2cccs2)c(C)c1. The van der Waals surface area contributed by atoms with Gasteiger partial charge in [0.1, 0.15) is 0 Å². The minimum absolute atomic E-state index is 0.0552. The highest BCUT2D eigenvalue weighted by Gasteiger charge is 2.08. The van der Waals surface area contributed by atoms with Crippen LogP contribution in [0, 0.1) is 20.8 Å². The normalized spacial score (nSPS) is 10.7. The van der Waals surface area contributed by atoms with Crippen LogP contribution in [0.25, 0.3) is 6.08 Å². The van der Waals surface area contributed by atoms with Gasteiger partial charge in [-0.15, -0.1) is 11.3 Å². The van der Waals surface area contributed by atoms with Crippen LogP contribution in [-0.2, 0) is 9.59 Å². The van der Waals surface area contributed by atoms with Crippen LogP contribution >= 0.6 is 11.3 Å². The Kier molecular flexibility index (Phi) is 5.71. The number of thiophene rings is 1. The number of amides is 2. The predicted molar refractivity (Wildman–Crippen MR) is 95.6 cm³/mol. The van der Waals surface area contributed by atoms with Crippen LogP contribution in [0.1, 0.15) is 21.6 Å². The van der Waals surface area contributed by atoms with Crippen LogP contribution < -0.4 is 10.6 Å². The van der Waals surface area contributed by atoms with Gasteiger partial charge in [-0.05, 0) is 49.4 Å². The molecule has 0 bridgehead atoms. The lowest BCUT2D eigenvalue weighted by atomic mass is 10.1. The van der Waals surface area contributed by atoms with Crippen molar-refractivity contribution in [2.45, 2.75) is 20.8 Å². The molecule has 2 amide bonds. The summed E-state index contributed by atoms with van der Waals surface area (Å²) in [5, 5.41) is 7.38. The van der Waals surface area contributed by atoms with Gasteiger partial charge in [0.05, 0.1) is 6.54 Å². The molecule has 0 aliphatic heterocycles. The number of anilines is 1. The molecule has 0 aliphatic rings. The van der Waals surface area contributed by atoms with E-state index < -0.39 is 0 Å². The summed E-state index contributed by atoms with van der Waals surface area (Å²) in [6, 6.07) is 7.88. The predicted octanol–water partition coefficient (Wildman–Crippen LogP) is 3.44. The second kappa shape index (κ2) is 7.74. The number of benzene rings is 1. The molecule has 1 heterocycles. The molecule has 2 N–H and O–H groups in total. The molecule has 0 saturated heterocycles. The first-order valence-electron chi connectivity index (χ1n) is 7.33. The minimum atomic E-state index is -0.286. The lowest BCUT2D eigenvalue weighted by Gasteiger charge is -2.13. The van der Waals surface area contributed by atoms with Crippen molar-refractivity contribution in [1.82, 2.24) is 5.32 Å². The zero-order valence-corrected chi connectivity index (χ0v) is 14.3. The van der Waals surface area contributed by atoms with Gasteiger partial charge in [0.15, 0.2) is 0 Å². The van der Waals surface area contributed by atoms with Gasteiger partial charge < -0.3 is 10.6 Å². The van der Waals surface area contributed by atoms with E-state index in [0.29, 0.717) is 0 Å². The Morgan fingerprint density at radius 1 is 1.17 bits per heavy atom. The quantitative estimate of drug-likeness (QED) is 0.826. The van der Waals surface area contributed by atoms with Gasteiger partial charge in [-0.25, -0.2) is 0 Å².